The van der Waals surface area contributed by atoms with Crippen LogP contribution < -0.4 is 4.74 Å². The monoisotopic (exact) mass is 495 g/mol. The number of sulfone groups is 1. The Balaban J connectivity index is 1.49. The van der Waals surface area contributed by atoms with Crippen LogP contribution in [0.25, 0.3) is 33.7 Å². The van der Waals surface area contributed by atoms with Crippen molar-refractivity contribution in [1.29, 1.82) is 0 Å². The van der Waals surface area contributed by atoms with Crippen molar-refractivity contribution in [2.75, 3.05) is 6.26 Å². The zero-order valence-corrected chi connectivity index (χ0v) is 20.3. The lowest BCUT2D eigenvalue weighted by atomic mass is 10.0. The van der Waals surface area contributed by atoms with Crippen LogP contribution in [0.1, 0.15) is 43.9 Å². The highest BCUT2D eigenvalue weighted by Crippen LogP contribution is 2.40. The fraction of sp³-hybridized carbons (Fsp3) is 0.320. The first-order valence-electron chi connectivity index (χ1n) is 11.3. The lowest BCUT2D eigenvalue weighted by Gasteiger charge is -2.13. The third kappa shape index (κ3) is 4.41. The normalized spacial score (nSPS) is 15.6. The van der Waals surface area contributed by atoms with Crippen LogP contribution in [0.3, 0.4) is 0 Å². The van der Waals surface area contributed by atoms with Crippen molar-refractivity contribution in [2.45, 2.75) is 50.0 Å². The largest absolute Gasteiger partial charge is 0.490 e. The lowest BCUT2D eigenvalue weighted by Crippen LogP contribution is -2.09. The molecule has 2 aromatic carbocycles. The number of carboxylic acids is 1. The number of aromatic amines is 1. The molecule has 0 amide bonds. The molecule has 2 N–H and O–H groups in total. The third-order valence-electron chi connectivity index (χ3n) is 6.15. The number of carbonyl (C=O) groups is 1. The Hall–Kier alpha value is -3.66. The van der Waals surface area contributed by atoms with Gasteiger partial charge in [-0.25, -0.2) is 8.42 Å². The summed E-state index contributed by atoms with van der Waals surface area (Å²) in [6.07, 6.45) is 2.68. The SMILES string of the molecule is CC(C)Oc1ccc(-c2nc(-c3ccc4[nH]c5c(c4c3)CCC5CC(=O)O)no2)cc1S(C)(=O)=O. The van der Waals surface area contributed by atoms with Gasteiger partial charge in [-0.15, -0.1) is 0 Å². The smallest absolute Gasteiger partial charge is 0.304 e. The maximum absolute atomic E-state index is 12.3. The molecule has 2 aromatic heterocycles. The van der Waals surface area contributed by atoms with Gasteiger partial charge in [0.05, 0.1) is 12.5 Å². The summed E-state index contributed by atoms with van der Waals surface area (Å²) in [5.41, 5.74) is 4.29. The predicted octanol–water partition coefficient (Wildman–Crippen LogP) is 4.58. The maximum Gasteiger partial charge on any atom is 0.304 e. The number of aliphatic carboxylic acids is 1. The minimum atomic E-state index is -3.55. The van der Waals surface area contributed by atoms with Gasteiger partial charge in [0.1, 0.15) is 10.6 Å². The second kappa shape index (κ2) is 8.53. The Morgan fingerprint density at radius 2 is 2.00 bits per heavy atom. The number of H-pyrrole nitrogens is 1. The molecular weight excluding hydrogens is 470 g/mol. The molecule has 0 aliphatic heterocycles. The van der Waals surface area contributed by atoms with E-state index in [1.165, 1.54) is 6.07 Å². The minimum Gasteiger partial charge on any atom is -0.490 e. The molecule has 1 aliphatic carbocycles. The Bertz CT molecular complexity index is 1550. The quantitative estimate of drug-likeness (QED) is 0.380. The molecule has 1 aliphatic rings. The van der Waals surface area contributed by atoms with Crippen molar-refractivity contribution < 1.29 is 27.6 Å². The van der Waals surface area contributed by atoms with E-state index in [1.54, 1.807) is 12.1 Å². The number of ether oxygens (including phenoxy) is 1. The molecule has 4 aromatic rings. The van der Waals surface area contributed by atoms with Crippen LogP contribution in [0.15, 0.2) is 45.8 Å². The van der Waals surface area contributed by atoms with Gasteiger partial charge in [-0.05, 0) is 68.7 Å². The van der Waals surface area contributed by atoms with Gasteiger partial charge in [0, 0.05) is 39.9 Å². The highest BCUT2D eigenvalue weighted by Gasteiger charge is 2.28. The summed E-state index contributed by atoms with van der Waals surface area (Å²) in [7, 11) is -3.55. The second-order valence-electron chi connectivity index (χ2n) is 9.13. The van der Waals surface area contributed by atoms with Crippen molar-refractivity contribution in [1.82, 2.24) is 15.1 Å². The summed E-state index contributed by atoms with van der Waals surface area (Å²) < 4.78 is 35.8. The molecule has 2 heterocycles. The fourth-order valence-electron chi connectivity index (χ4n) is 4.64. The maximum atomic E-state index is 12.3. The molecule has 0 saturated heterocycles. The van der Waals surface area contributed by atoms with E-state index in [0.29, 0.717) is 11.4 Å². The number of hydrogen-bond acceptors (Lipinski definition) is 7. The average molecular weight is 496 g/mol. The summed E-state index contributed by atoms with van der Waals surface area (Å²) >= 11 is 0. The van der Waals surface area contributed by atoms with Gasteiger partial charge in [0.25, 0.3) is 5.89 Å². The van der Waals surface area contributed by atoms with Crippen LogP contribution >= 0.6 is 0 Å². The molecule has 35 heavy (non-hydrogen) atoms. The number of nitrogens with one attached hydrogen (secondary N) is 1. The zero-order valence-electron chi connectivity index (χ0n) is 19.5. The molecule has 0 fully saturated rings. The number of carboxylic acid groups (broad SMARTS) is 1. The molecule has 0 bridgehead atoms. The van der Waals surface area contributed by atoms with Crippen LogP contribution in [0.5, 0.6) is 5.75 Å². The first kappa shape index (κ1) is 23.1. The van der Waals surface area contributed by atoms with E-state index < -0.39 is 15.8 Å². The van der Waals surface area contributed by atoms with Crippen LogP contribution in [0.2, 0.25) is 0 Å². The Morgan fingerprint density at radius 1 is 1.23 bits per heavy atom. The molecule has 5 rings (SSSR count). The Kier molecular flexibility index (Phi) is 5.63. The fourth-order valence-corrected chi connectivity index (χ4v) is 5.47. The van der Waals surface area contributed by atoms with Crippen LogP contribution in [0.4, 0.5) is 0 Å². The topological polar surface area (TPSA) is 135 Å². The molecular formula is C25H25N3O6S. The third-order valence-corrected chi connectivity index (χ3v) is 7.27. The van der Waals surface area contributed by atoms with E-state index in [-0.39, 0.29) is 35.0 Å². The summed E-state index contributed by atoms with van der Waals surface area (Å²) in [5, 5.41) is 14.3. The molecule has 0 radical (unpaired) electrons. The number of fused-ring (bicyclic) bond motifs is 3. The predicted molar refractivity (Wildman–Crippen MR) is 129 cm³/mol. The highest BCUT2D eigenvalue weighted by molar-refractivity contribution is 7.90. The highest BCUT2D eigenvalue weighted by atomic mass is 32.2. The summed E-state index contributed by atoms with van der Waals surface area (Å²) in [4.78, 5) is 19.1. The first-order valence-corrected chi connectivity index (χ1v) is 13.2. The van der Waals surface area contributed by atoms with Gasteiger partial charge in [-0.3, -0.25) is 4.79 Å². The van der Waals surface area contributed by atoms with E-state index in [1.807, 2.05) is 32.0 Å². The Labute approximate surface area is 202 Å². The summed E-state index contributed by atoms with van der Waals surface area (Å²) in [6, 6.07) is 10.5. The van der Waals surface area contributed by atoms with Gasteiger partial charge >= 0.3 is 5.97 Å². The van der Waals surface area contributed by atoms with E-state index in [2.05, 4.69) is 15.1 Å². The van der Waals surface area contributed by atoms with E-state index in [9.17, 15) is 18.3 Å². The zero-order chi connectivity index (χ0) is 24.9. The molecule has 1 atom stereocenters. The van der Waals surface area contributed by atoms with Crippen LogP contribution in [0, 0.1) is 0 Å². The van der Waals surface area contributed by atoms with E-state index >= 15 is 0 Å². The van der Waals surface area contributed by atoms with Crippen molar-refractivity contribution in [3.05, 3.63) is 47.7 Å². The second-order valence-corrected chi connectivity index (χ2v) is 11.1. The van der Waals surface area contributed by atoms with Gasteiger partial charge in [-0.2, -0.15) is 4.98 Å². The van der Waals surface area contributed by atoms with Crippen LogP contribution in [-0.4, -0.2) is 47.0 Å². The number of rotatable bonds is 7. The first-order chi connectivity index (χ1) is 16.6. The van der Waals surface area contributed by atoms with Crippen molar-refractivity contribution in [2.24, 2.45) is 0 Å². The summed E-state index contributed by atoms with van der Waals surface area (Å²) in [5.74, 6) is 0.0346. The molecule has 9 nitrogen and oxygen atoms in total. The van der Waals surface area contributed by atoms with Gasteiger partial charge in [0.2, 0.25) is 5.82 Å². The average Bonchev–Trinajstić information content (AvgIpc) is 3.49. The molecule has 10 heteroatoms. The number of aryl methyl sites for hydroxylation is 1. The number of benzene rings is 2. The molecule has 0 saturated carbocycles. The van der Waals surface area contributed by atoms with Crippen LogP contribution in [-0.2, 0) is 21.1 Å². The van der Waals surface area contributed by atoms with E-state index in [4.69, 9.17) is 9.26 Å². The number of aromatic nitrogens is 3. The van der Waals surface area contributed by atoms with Crippen molar-refractivity contribution in [3.63, 3.8) is 0 Å². The van der Waals surface area contributed by atoms with Crippen molar-refractivity contribution >= 4 is 26.7 Å². The van der Waals surface area contributed by atoms with Gasteiger partial charge in [-0.1, -0.05) is 5.16 Å². The molecule has 0 spiro atoms. The minimum absolute atomic E-state index is 0.0122. The summed E-state index contributed by atoms with van der Waals surface area (Å²) in [6.45, 7) is 3.65. The standard InChI is InChI=1S/C25H25N3O6S/c1-13(2)33-20-9-6-16(11-21(20)35(3,31)32)25-27-24(28-34-25)15-5-8-19-18(10-15)17-7-4-14(12-22(29)30)23(17)26-19/h5-6,8-11,13-14,26H,4,7,12H2,1-3H3,(H,29,30). The molecule has 182 valence electrons. The lowest BCUT2D eigenvalue weighted by molar-refractivity contribution is -0.137. The number of hydrogen-bond donors (Lipinski definition) is 2. The number of nitrogens with zero attached hydrogens (tertiary/aromatic N) is 2. The van der Waals surface area contributed by atoms with Gasteiger partial charge in [0.15, 0.2) is 9.84 Å². The van der Waals surface area contributed by atoms with Crippen molar-refractivity contribution in [3.8, 4) is 28.6 Å². The van der Waals surface area contributed by atoms with E-state index in [0.717, 1.165) is 46.8 Å². The van der Waals surface area contributed by atoms with Gasteiger partial charge < -0.3 is 19.4 Å². The molecule has 1 unspecified atom stereocenters. The Morgan fingerprint density at radius 3 is 2.71 bits per heavy atom.